The van der Waals surface area contributed by atoms with E-state index in [0.29, 0.717) is 17.7 Å². The molecule has 0 aromatic carbocycles. The lowest BCUT2D eigenvalue weighted by Gasteiger charge is -2.16. The van der Waals surface area contributed by atoms with Crippen LogP contribution < -0.4 is 5.32 Å². The Kier molecular flexibility index (Phi) is 3.79. The molecule has 1 aromatic heterocycles. The molecule has 2 unspecified atom stereocenters. The van der Waals surface area contributed by atoms with Crippen molar-refractivity contribution in [3.63, 3.8) is 0 Å². The summed E-state index contributed by atoms with van der Waals surface area (Å²) in [5, 5.41) is 14.1. The number of hydrogen-bond acceptors (Lipinski definition) is 4. The number of hydrogen-bond donors (Lipinski definition) is 1. The highest BCUT2D eigenvalue weighted by molar-refractivity contribution is 5.56. The van der Waals surface area contributed by atoms with Gasteiger partial charge in [-0.15, -0.1) is 0 Å². The van der Waals surface area contributed by atoms with Crippen molar-refractivity contribution < 1.29 is 4.92 Å². The second-order valence-corrected chi connectivity index (χ2v) is 5.13. The van der Waals surface area contributed by atoms with E-state index in [9.17, 15) is 10.1 Å². The van der Waals surface area contributed by atoms with Crippen LogP contribution in [0.3, 0.4) is 0 Å². The second-order valence-electron chi connectivity index (χ2n) is 5.13. The van der Waals surface area contributed by atoms with Crippen LogP contribution in [-0.2, 0) is 0 Å². The summed E-state index contributed by atoms with van der Waals surface area (Å²) in [5.41, 5.74) is 0.855. The second kappa shape index (κ2) is 5.33. The lowest BCUT2D eigenvalue weighted by atomic mass is 9.98. The zero-order valence-corrected chi connectivity index (χ0v) is 10.8. The average Bonchev–Trinajstić information content (AvgIpc) is 2.72. The summed E-state index contributed by atoms with van der Waals surface area (Å²) in [5.74, 6) is 1.70. The van der Waals surface area contributed by atoms with Crippen molar-refractivity contribution in [2.45, 2.75) is 33.1 Å². The first-order valence-corrected chi connectivity index (χ1v) is 6.44. The molecule has 5 nitrogen and oxygen atoms in total. The molecule has 18 heavy (non-hydrogen) atoms. The van der Waals surface area contributed by atoms with Crippen molar-refractivity contribution in [1.29, 1.82) is 0 Å². The fraction of sp³-hybridized carbons (Fsp3) is 0.615. The van der Waals surface area contributed by atoms with Crippen molar-refractivity contribution in [2.24, 2.45) is 11.8 Å². The highest BCUT2D eigenvalue weighted by Gasteiger charge is 2.24. The van der Waals surface area contributed by atoms with Crippen LogP contribution in [-0.4, -0.2) is 16.5 Å². The normalized spacial score (nSPS) is 23.0. The van der Waals surface area contributed by atoms with Gasteiger partial charge in [-0.25, -0.2) is 4.98 Å². The third-order valence-corrected chi connectivity index (χ3v) is 3.78. The molecule has 1 heterocycles. The van der Waals surface area contributed by atoms with Crippen LogP contribution >= 0.6 is 0 Å². The molecule has 1 aromatic rings. The standard InChI is InChI=1S/C13H19N3O2/c1-9-4-3-5-11(9)8-14-13-12(16(17)18)7-6-10(2)15-13/h6-7,9,11H,3-5,8H2,1-2H3,(H,14,15). The fourth-order valence-corrected chi connectivity index (χ4v) is 2.58. The van der Waals surface area contributed by atoms with Crippen LogP contribution in [0, 0.1) is 28.9 Å². The monoisotopic (exact) mass is 249 g/mol. The van der Waals surface area contributed by atoms with Gasteiger partial charge in [-0.3, -0.25) is 10.1 Å². The van der Waals surface area contributed by atoms with Gasteiger partial charge in [0.05, 0.1) is 4.92 Å². The van der Waals surface area contributed by atoms with Crippen molar-refractivity contribution in [1.82, 2.24) is 4.98 Å². The van der Waals surface area contributed by atoms with Gasteiger partial charge < -0.3 is 5.32 Å². The van der Waals surface area contributed by atoms with Gasteiger partial charge >= 0.3 is 5.69 Å². The lowest BCUT2D eigenvalue weighted by molar-refractivity contribution is -0.384. The molecular formula is C13H19N3O2. The molecule has 0 amide bonds. The summed E-state index contributed by atoms with van der Waals surface area (Å²) < 4.78 is 0. The van der Waals surface area contributed by atoms with Crippen LogP contribution in [0.5, 0.6) is 0 Å². The van der Waals surface area contributed by atoms with Gasteiger partial charge in [0, 0.05) is 18.3 Å². The van der Waals surface area contributed by atoms with Gasteiger partial charge in [0.25, 0.3) is 0 Å². The molecule has 0 saturated heterocycles. The molecule has 1 saturated carbocycles. The van der Waals surface area contributed by atoms with E-state index in [0.717, 1.165) is 12.2 Å². The van der Waals surface area contributed by atoms with Gasteiger partial charge in [-0.2, -0.15) is 0 Å². The Morgan fingerprint density at radius 3 is 2.89 bits per heavy atom. The Hall–Kier alpha value is -1.65. The van der Waals surface area contributed by atoms with Crippen LogP contribution in [0.4, 0.5) is 11.5 Å². The first kappa shape index (κ1) is 12.8. The minimum absolute atomic E-state index is 0.0613. The molecule has 1 N–H and O–H groups in total. The van der Waals surface area contributed by atoms with E-state index in [-0.39, 0.29) is 10.6 Å². The van der Waals surface area contributed by atoms with Crippen molar-refractivity contribution >= 4 is 11.5 Å². The van der Waals surface area contributed by atoms with E-state index in [1.807, 2.05) is 6.92 Å². The summed E-state index contributed by atoms with van der Waals surface area (Å²) in [6.07, 6.45) is 3.72. The first-order chi connectivity index (χ1) is 8.58. The number of aromatic nitrogens is 1. The maximum absolute atomic E-state index is 10.9. The Labute approximate surface area is 107 Å². The number of nitrogens with one attached hydrogen (secondary N) is 1. The Balaban J connectivity index is 2.08. The Bertz CT molecular complexity index is 448. The third-order valence-electron chi connectivity index (χ3n) is 3.78. The minimum Gasteiger partial charge on any atom is -0.364 e. The van der Waals surface area contributed by atoms with Gasteiger partial charge in [0.15, 0.2) is 0 Å². The predicted molar refractivity (Wildman–Crippen MR) is 70.6 cm³/mol. The lowest BCUT2D eigenvalue weighted by Crippen LogP contribution is -2.17. The van der Waals surface area contributed by atoms with E-state index in [1.54, 1.807) is 6.07 Å². The number of nitrogens with zero attached hydrogens (tertiary/aromatic N) is 2. The molecule has 0 radical (unpaired) electrons. The zero-order valence-electron chi connectivity index (χ0n) is 10.8. The van der Waals surface area contributed by atoms with Crippen LogP contribution in [0.15, 0.2) is 12.1 Å². The third kappa shape index (κ3) is 2.78. The van der Waals surface area contributed by atoms with Gasteiger partial charge in [-0.05, 0) is 31.2 Å². The molecular weight excluding hydrogens is 230 g/mol. The fourth-order valence-electron chi connectivity index (χ4n) is 2.58. The van der Waals surface area contributed by atoms with Crippen LogP contribution in [0.2, 0.25) is 0 Å². The molecule has 0 spiro atoms. The number of rotatable bonds is 4. The summed E-state index contributed by atoms with van der Waals surface area (Å²) in [6, 6.07) is 3.18. The average molecular weight is 249 g/mol. The number of anilines is 1. The molecule has 1 aliphatic carbocycles. The maximum atomic E-state index is 10.9. The van der Waals surface area contributed by atoms with E-state index in [2.05, 4.69) is 17.2 Å². The minimum atomic E-state index is -0.382. The molecule has 2 rings (SSSR count). The number of pyridine rings is 1. The summed E-state index contributed by atoms with van der Waals surface area (Å²) in [4.78, 5) is 14.8. The predicted octanol–water partition coefficient (Wildman–Crippen LogP) is 3.15. The summed E-state index contributed by atoms with van der Waals surface area (Å²) >= 11 is 0. The van der Waals surface area contributed by atoms with Crippen molar-refractivity contribution in [3.8, 4) is 0 Å². The van der Waals surface area contributed by atoms with E-state index < -0.39 is 0 Å². The zero-order chi connectivity index (χ0) is 13.1. The molecule has 1 fully saturated rings. The first-order valence-electron chi connectivity index (χ1n) is 6.44. The largest absolute Gasteiger partial charge is 0.364 e. The molecule has 98 valence electrons. The Morgan fingerprint density at radius 1 is 1.50 bits per heavy atom. The number of aryl methyl sites for hydroxylation is 1. The van der Waals surface area contributed by atoms with Crippen LogP contribution in [0.25, 0.3) is 0 Å². The SMILES string of the molecule is Cc1ccc([N+](=O)[O-])c(NCC2CCCC2C)n1. The molecule has 5 heteroatoms. The molecule has 0 aliphatic heterocycles. The van der Waals surface area contributed by atoms with E-state index in [4.69, 9.17) is 0 Å². The molecule has 2 atom stereocenters. The quantitative estimate of drug-likeness (QED) is 0.657. The van der Waals surface area contributed by atoms with E-state index >= 15 is 0 Å². The molecule has 1 aliphatic rings. The van der Waals surface area contributed by atoms with E-state index in [1.165, 1.54) is 25.3 Å². The highest BCUT2D eigenvalue weighted by Crippen LogP contribution is 2.32. The van der Waals surface area contributed by atoms with Gasteiger partial charge in [0.2, 0.25) is 5.82 Å². The smallest absolute Gasteiger partial charge is 0.311 e. The topological polar surface area (TPSA) is 68.1 Å². The van der Waals surface area contributed by atoms with Crippen molar-refractivity contribution in [2.75, 3.05) is 11.9 Å². The molecule has 0 bridgehead atoms. The highest BCUT2D eigenvalue weighted by atomic mass is 16.6. The summed E-state index contributed by atoms with van der Waals surface area (Å²) in [6.45, 7) is 4.86. The van der Waals surface area contributed by atoms with Gasteiger partial charge in [0.1, 0.15) is 0 Å². The van der Waals surface area contributed by atoms with Crippen LogP contribution in [0.1, 0.15) is 31.9 Å². The summed E-state index contributed by atoms with van der Waals surface area (Å²) in [7, 11) is 0. The van der Waals surface area contributed by atoms with Gasteiger partial charge in [-0.1, -0.05) is 19.8 Å². The Morgan fingerprint density at radius 2 is 2.28 bits per heavy atom. The maximum Gasteiger partial charge on any atom is 0.311 e. The van der Waals surface area contributed by atoms with Crippen molar-refractivity contribution in [3.05, 3.63) is 27.9 Å². The number of nitro groups is 1.